The summed E-state index contributed by atoms with van der Waals surface area (Å²) in [6, 6.07) is 13.3. The molecule has 1 heterocycles. The number of rotatable bonds is 9. The first kappa shape index (κ1) is 20.5. The van der Waals surface area contributed by atoms with Crippen molar-refractivity contribution in [2.24, 2.45) is 10.7 Å². The summed E-state index contributed by atoms with van der Waals surface area (Å²) in [4.78, 5) is 15.9. The van der Waals surface area contributed by atoms with Gasteiger partial charge in [0.1, 0.15) is 19.0 Å². The number of nitrogens with zero attached hydrogens (tertiary/aromatic N) is 1. The minimum absolute atomic E-state index is 0.253. The molecule has 0 aromatic heterocycles. The number of methoxy groups -OCH3 is 1. The smallest absolute Gasteiger partial charge is 0.286 e. The van der Waals surface area contributed by atoms with E-state index in [-0.39, 0.29) is 11.1 Å². The van der Waals surface area contributed by atoms with E-state index in [1.165, 1.54) is 0 Å². The van der Waals surface area contributed by atoms with Gasteiger partial charge in [0, 0.05) is 0 Å². The second-order valence-corrected chi connectivity index (χ2v) is 7.14. The minimum atomic E-state index is -0.333. The molecule has 2 N–H and O–H groups in total. The highest BCUT2D eigenvalue weighted by atomic mass is 32.2. The maximum atomic E-state index is 11.7. The topological polar surface area (TPSA) is 83.1 Å². The van der Waals surface area contributed by atoms with Crippen molar-refractivity contribution in [1.82, 2.24) is 0 Å². The normalized spacial score (nSPS) is 14.6. The monoisotopic (exact) mass is 410 g/mol. The molecule has 2 aromatic carbocycles. The lowest BCUT2D eigenvalue weighted by Crippen LogP contribution is -2.10. The van der Waals surface area contributed by atoms with Gasteiger partial charge in [-0.3, -0.25) is 4.79 Å². The van der Waals surface area contributed by atoms with Crippen LogP contribution in [0.4, 0.5) is 0 Å². The number of benzene rings is 2. The van der Waals surface area contributed by atoms with E-state index >= 15 is 0 Å². The van der Waals surface area contributed by atoms with Gasteiger partial charge in [0.25, 0.3) is 5.91 Å². The van der Waals surface area contributed by atoms with Gasteiger partial charge < -0.3 is 19.9 Å². The number of hydrogen-bond acceptors (Lipinski definition) is 6. The minimum Gasteiger partial charge on any atom is -0.493 e. The van der Waals surface area contributed by atoms with Crippen LogP contribution in [0.2, 0.25) is 0 Å². The van der Waals surface area contributed by atoms with Gasteiger partial charge in [-0.25, -0.2) is 0 Å². The first-order valence-electron chi connectivity index (χ1n) is 9.01. The summed E-state index contributed by atoms with van der Waals surface area (Å²) in [7, 11) is 1.57. The molecule has 1 amide bonds. The van der Waals surface area contributed by atoms with E-state index < -0.39 is 0 Å². The van der Waals surface area contributed by atoms with Crippen molar-refractivity contribution in [1.29, 1.82) is 0 Å². The number of thioether (sulfide) groups is 1. The fourth-order valence-corrected chi connectivity index (χ4v) is 3.42. The predicted molar refractivity (Wildman–Crippen MR) is 117 cm³/mol. The van der Waals surface area contributed by atoms with Crippen LogP contribution < -0.4 is 19.9 Å². The van der Waals surface area contributed by atoms with Crippen LogP contribution in [-0.4, -0.2) is 31.4 Å². The van der Waals surface area contributed by atoms with E-state index in [0.717, 1.165) is 35.1 Å². The number of para-hydroxylation sites is 1. The van der Waals surface area contributed by atoms with Crippen molar-refractivity contribution >= 4 is 28.9 Å². The summed E-state index contributed by atoms with van der Waals surface area (Å²) in [6.07, 6.45) is 4.32. The maximum absolute atomic E-state index is 11.7. The third-order valence-electron chi connectivity index (χ3n) is 4.06. The van der Waals surface area contributed by atoms with Crippen LogP contribution in [-0.2, 0) is 11.2 Å². The second kappa shape index (κ2) is 9.84. The summed E-state index contributed by atoms with van der Waals surface area (Å²) in [6.45, 7) is 4.52. The summed E-state index contributed by atoms with van der Waals surface area (Å²) in [5.74, 6) is 1.65. The summed E-state index contributed by atoms with van der Waals surface area (Å²) >= 11 is 1.15. The number of carbonyl (C=O) groups excluding carboxylic acids is 1. The Morgan fingerprint density at radius 2 is 1.86 bits per heavy atom. The molecular formula is C22H22N2O4S. The van der Waals surface area contributed by atoms with Crippen molar-refractivity contribution in [3.8, 4) is 17.2 Å². The van der Waals surface area contributed by atoms with Crippen molar-refractivity contribution < 1.29 is 19.0 Å². The van der Waals surface area contributed by atoms with E-state index in [1.54, 1.807) is 25.3 Å². The first-order chi connectivity index (χ1) is 14.1. The molecule has 0 spiro atoms. The second-order valence-electron chi connectivity index (χ2n) is 6.07. The molecule has 29 heavy (non-hydrogen) atoms. The zero-order chi connectivity index (χ0) is 20.6. The molecule has 3 rings (SSSR count). The van der Waals surface area contributed by atoms with Gasteiger partial charge in [-0.2, -0.15) is 4.99 Å². The number of amides is 1. The van der Waals surface area contributed by atoms with Crippen molar-refractivity contribution in [2.45, 2.75) is 6.42 Å². The molecule has 0 bridgehead atoms. The van der Waals surface area contributed by atoms with Crippen LogP contribution >= 0.6 is 11.8 Å². The lowest BCUT2D eigenvalue weighted by atomic mass is 10.1. The Bertz CT molecular complexity index is 969. The molecule has 0 saturated carbocycles. The average Bonchev–Trinajstić information content (AvgIpc) is 3.04. The lowest BCUT2D eigenvalue weighted by Gasteiger charge is -2.13. The van der Waals surface area contributed by atoms with Gasteiger partial charge in [-0.15, -0.1) is 6.58 Å². The molecule has 0 fully saturated rings. The Morgan fingerprint density at radius 1 is 1.10 bits per heavy atom. The van der Waals surface area contributed by atoms with Crippen LogP contribution in [0.1, 0.15) is 11.1 Å². The number of allylic oxidation sites excluding steroid dienone is 1. The number of nitrogens with two attached hydrogens (primary N) is 1. The van der Waals surface area contributed by atoms with E-state index in [4.69, 9.17) is 19.9 Å². The lowest BCUT2D eigenvalue weighted by molar-refractivity contribution is -0.113. The Labute approximate surface area is 174 Å². The van der Waals surface area contributed by atoms with E-state index in [9.17, 15) is 4.79 Å². The summed E-state index contributed by atoms with van der Waals surface area (Å²) < 4.78 is 17.1. The Hall–Kier alpha value is -3.19. The number of carbonyl (C=O) groups is 1. The van der Waals surface area contributed by atoms with Crippen molar-refractivity contribution in [3.05, 3.63) is 71.2 Å². The fourth-order valence-electron chi connectivity index (χ4n) is 2.74. The van der Waals surface area contributed by atoms with Gasteiger partial charge in [0.05, 0.1) is 12.0 Å². The van der Waals surface area contributed by atoms with Gasteiger partial charge in [0.2, 0.25) is 0 Å². The quantitative estimate of drug-likeness (QED) is 0.385. The van der Waals surface area contributed by atoms with Crippen LogP contribution in [0.3, 0.4) is 0 Å². The van der Waals surface area contributed by atoms with Crippen LogP contribution in [0.5, 0.6) is 17.2 Å². The third-order valence-corrected chi connectivity index (χ3v) is 4.87. The Kier molecular flexibility index (Phi) is 6.97. The molecule has 1 aliphatic rings. The fraction of sp³-hybridized carbons (Fsp3) is 0.182. The average molecular weight is 410 g/mol. The van der Waals surface area contributed by atoms with E-state index in [0.29, 0.717) is 29.6 Å². The molecule has 0 unspecified atom stereocenters. The molecule has 7 heteroatoms. The van der Waals surface area contributed by atoms with Crippen molar-refractivity contribution in [2.75, 3.05) is 20.3 Å². The highest BCUT2D eigenvalue weighted by Crippen LogP contribution is 2.31. The highest BCUT2D eigenvalue weighted by molar-refractivity contribution is 8.18. The van der Waals surface area contributed by atoms with Gasteiger partial charge in [-0.1, -0.05) is 30.3 Å². The first-order valence-corrected chi connectivity index (χ1v) is 9.83. The SMILES string of the molecule is C=CCc1ccccc1OCCOc1ccc(/C=C2/SC(N)=NC2=O)cc1OC. The zero-order valence-electron chi connectivity index (χ0n) is 16.1. The van der Waals surface area contributed by atoms with Crippen LogP contribution in [0.25, 0.3) is 6.08 Å². The van der Waals surface area contributed by atoms with E-state index in [2.05, 4.69) is 11.6 Å². The molecule has 0 atom stereocenters. The largest absolute Gasteiger partial charge is 0.493 e. The Morgan fingerprint density at radius 3 is 2.55 bits per heavy atom. The summed E-state index contributed by atoms with van der Waals surface area (Å²) in [5, 5.41) is 0.253. The predicted octanol–water partition coefficient (Wildman–Crippen LogP) is 3.81. The molecule has 1 aliphatic heterocycles. The zero-order valence-corrected chi connectivity index (χ0v) is 16.9. The van der Waals surface area contributed by atoms with Gasteiger partial charge >= 0.3 is 0 Å². The highest BCUT2D eigenvalue weighted by Gasteiger charge is 2.19. The number of aliphatic imine (C=N–C) groups is 1. The van der Waals surface area contributed by atoms with Crippen LogP contribution in [0, 0.1) is 0 Å². The van der Waals surface area contributed by atoms with Crippen molar-refractivity contribution in [3.63, 3.8) is 0 Å². The molecule has 0 saturated heterocycles. The maximum Gasteiger partial charge on any atom is 0.286 e. The molecule has 6 nitrogen and oxygen atoms in total. The number of hydrogen-bond donors (Lipinski definition) is 1. The van der Waals surface area contributed by atoms with Gasteiger partial charge in [0.15, 0.2) is 16.7 Å². The summed E-state index contributed by atoms with van der Waals surface area (Å²) in [5.41, 5.74) is 7.46. The molecule has 0 radical (unpaired) electrons. The molecule has 150 valence electrons. The van der Waals surface area contributed by atoms with E-state index in [1.807, 2.05) is 36.4 Å². The molecule has 2 aromatic rings. The number of ether oxygens (including phenoxy) is 3. The third kappa shape index (κ3) is 5.42. The number of amidine groups is 1. The van der Waals surface area contributed by atoms with Crippen LogP contribution in [0.15, 0.2) is 65.0 Å². The molecule has 0 aliphatic carbocycles. The standard InChI is InChI=1S/C22H22N2O4S/c1-3-6-16-7-4-5-8-17(16)27-11-12-28-18-10-9-15(13-19(18)26-2)14-20-21(25)24-22(23)29-20/h3-5,7-10,13-14H,1,6,11-12H2,2H3,(H2,23,24,25)/b20-14+. The Balaban J connectivity index is 1.60. The molecular weight excluding hydrogens is 388 g/mol. The van der Waals surface area contributed by atoms with Gasteiger partial charge in [-0.05, 0) is 53.6 Å².